The quantitative estimate of drug-likeness (QED) is 0.582. The fraction of sp³-hybridized carbons (Fsp3) is 0.562. The summed E-state index contributed by atoms with van der Waals surface area (Å²) in [5.74, 6) is 0.686. The van der Waals surface area contributed by atoms with Gasteiger partial charge in [-0.3, -0.25) is 4.79 Å². The van der Waals surface area contributed by atoms with Crippen molar-refractivity contribution in [1.82, 2.24) is 4.90 Å². The second-order valence-electron chi connectivity index (χ2n) is 5.55. The summed E-state index contributed by atoms with van der Waals surface area (Å²) < 4.78 is 15.7. The highest BCUT2D eigenvalue weighted by Crippen LogP contribution is 2.31. The Bertz CT molecular complexity index is 557. The number of hydrogen-bond acceptors (Lipinski definition) is 5. The number of ether oxygens (including phenoxy) is 3. The molecule has 2 N–H and O–H groups in total. The monoisotopic (exact) mass is 378 g/mol. The number of rotatable bonds is 7. The van der Waals surface area contributed by atoms with Gasteiger partial charge in [0.2, 0.25) is 0 Å². The lowest BCUT2D eigenvalue weighted by molar-refractivity contribution is 0.0515. The van der Waals surface area contributed by atoms with E-state index in [1.54, 1.807) is 24.1 Å². The second-order valence-corrected chi connectivity index (χ2v) is 5.95. The van der Waals surface area contributed by atoms with Gasteiger partial charge in [-0.25, -0.2) is 0 Å². The van der Waals surface area contributed by atoms with Crippen LogP contribution in [0.1, 0.15) is 16.8 Å². The molecule has 0 spiro atoms. The van der Waals surface area contributed by atoms with E-state index in [1.807, 2.05) is 0 Å². The summed E-state index contributed by atoms with van der Waals surface area (Å²) in [6, 6.07) is 3.15. The standard InChI is InChI=1S/C16H23ClN2O4.ClH/c1-21-5-6-23-10-11-3-4-19(9-11)16(20)12-7-13(17)14(18)8-15(12)22-2;/h7-8,11H,3-6,9-10,18H2,1-2H3;1H. The van der Waals surface area contributed by atoms with Crippen molar-refractivity contribution in [2.24, 2.45) is 5.92 Å². The van der Waals surface area contributed by atoms with E-state index in [4.69, 9.17) is 31.5 Å². The number of benzene rings is 1. The first kappa shape index (κ1) is 20.8. The number of amides is 1. The molecule has 1 aromatic carbocycles. The molecule has 0 aromatic heterocycles. The number of methoxy groups -OCH3 is 2. The van der Waals surface area contributed by atoms with E-state index in [0.29, 0.717) is 60.9 Å². The molecule has 1 amide bonds. The zero-order valence-electron chi connectivity index (χ0n) is 13.9. The molecule has 0 radical (unpaired) electrons. The molecule has 0 bridgehead atoms. The molecule has 2 rings (SSSR count). The number of carbonyl (C=O) groups excluding carboxylic acids is 1. The van der Waals surface area contributed by atoms with Crippen molar-refractivity contribution in [2.75, 3.05) is 52.9 Å². The largest absolute Gasteiger partial charge is 0.496 e. The van der Waals surface area contributed by atoms with E-state index in [9.17, 15) is 4.79 Å². The Labute approximate surface area is 153 Å². The molecule has 0 aliphatic carbocycles. The predicted molar refractivity (Wildman–Crippen MR) is 96.4 cm³/mol. The van der Waals surface area contributed by atoms with Crippen molar-refractivity contribution in [3.05, 3.63) is 22.7 Å². The second kappa shape index (κ2) is 9.93. The molecule has 8 heteroatoms. The minimum Gasteiger partial charge on any atom is -0.496 e. The molecule has 1 aliphatic heterocycles. The van der Waals surface area contributed by atoms with Crippen LogP contribution in [0.5, 0.6) is 5.75 Å². The van der Waals surface area contributed by atoms with Gasteiger partial charge in [0, 0.05) is 32.2 Å². The maximum atomic E-state index is 12.7. The molecule has 1 heterocycles. The van der Waals surface area contributed by atoms with E-state index >= 15 is 0 Å². The molecule has 1 saturated heterocycles. The van der Waals surface area contributed by atoms with Gasteiger partial charge in [-0.05, 0) is 12.5 Å². The number of nitrogen functional groups attached to an aromatic ring is 1. The SMILES string of the molecule is COCCOCC1CCN(C(=O)c2cc(Cl)c(N)cc2OC)C1.Cl. The maximum absolute atomic E-state index is 12.7. The first-order chi connectivity index (χ1) is 11.1. The fourth-order valence-electron chi connectivity index (χ4n) is 2.62. The van der Waals surface area contributed by atoms with Gasteiger partial charge < -0.3 is 24.8 Å². The molecular weight excluding hydrogens is 355 g/mol. The summed E-state index contributed by atoms with van der Waals surface area (Å²) in [4.78, 5) is 14.5. The third-order valence-corrected chi connectivity index (χ3v) is 4.23. The molecule has 1 atom stereocenters. The number of nitrogens with two attached hydrogens (primary N) is 1. The highest BCUT2D eigenvalue weighted by molar-refractivity contribution is 6.33. The van der Waals surface area contributed by atoms with Crippen LogP contribution < -0.4 is 10.5 Å². The lowest BCUT2D eigenvalue weighted by Gasteiger charge is -2.19. The lowest BCUT2D eigenvalue weighted by atomic mass is 10.1. The van der Waals surface area contributed by atoms with E-state index in [1.165, 1.54) is 7.11 Å². The lowest BCUT2D eigenvalue weighted by Crippen LogP contribution is -2.29. The topological polar surface area (TPSA) is 74.0 Å². The Morgan fingerprint density at radius 1 is 1.38 bits per heavy atom. The van der Waals surface area contributed by atoms with Crippen molar-refractivity contribution < 1.29 is 19.0 Å². The molecular formula is C16H24Cl2N2O4. The van der Waals surface area contributed by atoms with Crippen LogP contribution >= 0.6 is 24.0 Å². The summed E-state index contributed by atoms with van der Waals surface area (Å²) >= 11 is 6.04. The molecule has 24 heavy (non-hydrogen) atoms. The zero-order valence-corrected chi connectivity index (χ0v) is 15.5. The third kappa shape index (κ3) is 5.14. The third-order valence-electron chi connectivity index (χ3n) is 3.91. The number of anilines is 1. The summed E-state index contributed by atoms with van der Waals surface area (Å²) in [6.07, 6.45) is 0.920. The Hall–Kier alpha value is -1.21. The van der Waals surface area contributed by atoms with Crippen LogP contribution in [0.2, 0.25) is 5.02 Å². The fourth-order valence-corrected chi connectivity index (χ4v) is 2.78. The van der Waals surface area contributed by atoms with E-state index in [0.717, 1.165) is 6.42 Å². The van der Waals surface area contributed by atoms with Crippen LogP contribution in [-0.2, 0) is 9.47 Å². The van der Waals surface area contributed by atoms with Crippen molar-refractivity contribution in [1.29, 1.82) is 0 Å². The Kier molecular flexibility index (Phi) is 8.62. The average Bonchev–Trinajstić information content (AvgIpc) is 3.02. The van der Waals surface area contributed by atoms with Crippen molar-refractivity contribution >= 4 is 35.6 Å². The molecule has 1 aliphatic rings. The Balaban J connectivity index is 0.00000288. The maximum Gasteiger partial charge on any atom is 0.257 e. The zero-order chi connectivity index (χ0) is 16.8. The minimum atomic E-state index is -0.0943. The van der Waals surface area contributed by atoms with E-state index in [-0.39, 0.29) is 18.3 Å². The Morgan fingerprint density at radius 3 is 2.79 bits per heavy atom. The van der Waals surface area contributed by atoms with Crippen LogP contribution in [0.3, 0.4) is 0 Å². The van der Waals surface area contributed by atoms with Crippen molar-refractivity contribution in [3.8, 4) is 5.75 Å². The van der Waals surface area contributed by atoms with Crippen LogP contribution in [0.4, 0.5) is 5.69 Å². The van der Waals surface area contributed by atoms with Crippen LogP contribution in [0.15, 0.2) is 12.1 Å². The Morgan fingerprint density at radius 2 is 2.12 bits per heavy atom. The van der Waals surface area contributed by atoms with Gasteiger partial charge in [0.15, 0.2) is 0 Å². The van der Waals surface area contributed by atoms with Gasteiger partial charge in [-0.15, -0.1) is 12.4 Å². The van der Waals surface area contributed by atoms with Gasteiger partial charge in [0.25, 0.3) is 5.91 Å². The molecule has 136 valence electrons. The minimum absolute atomic E-state index is 0. The number of nitrogens with zero attached hydrogens (tertiary/aromatic N) is 1. The van der Waals surface area contributed by atoms with Gasteiger partial charge in [-0.2, -0.15) is 0 Å². The summed E-state index contributed by atoms with van der Waals surface area (Å²) in [5, 5.41) is 0.354. The molecule has 1 unspecified atom stereocenters. The van der Waals surface area contributed by atoms with Gasteiger partial charge in [0.05, 0.1) is 43.2 Å². The number of hydrogen-bond donors (Lipinski definition) is 1. The van der Waals surface area contributed by atoms with Crippen LogP contribution in [0.25, 0.3) is 0 Å². The predicted octanol–water partition coefficient (Wildman–Crippen LogP) is 2.48. The highest BCUT2D eigenvalue weighted by atomic mass is 35.5. The summed E-state index contributed by atoms with van der Waals surface area (Å²) in [6.45, 7) is 3.14. The number of likely N-dealkylation sites (tertiary alicyclic amines) is 1. The number of carbonyl (C=O) groups is 1. The highest BCUT2D eigenvalue weighted by Gasteiger charge is 2.29. The van der Waals surface area contributed by atoms with Gasteiger partial charge in [0.1, 0.15) is 5.75 Å². The van der Waals surface area contributed by atoms with Gasteiger partial charge in [-0.1, -0.05) is 11.6 Å². The van der Waals surface area contributed by atoms with Crippen molar-refractivity contribution in [2.45, 2.75) is 6.42 Å². The first-order valence-corrected chi connectivity index (χ1v) is 7.93. The molecule has 0 saturated carbocycles. The van der Waals surface area contributed by atoms with Crippen molar-refractivity contribution in [3.63, 3.8) is 0 Å². The molecule has 6 nitrogen and oxygen atoms in total. The first-order valence-electron chi connectivity index (χ1n) is 7.55. The van der Waals surface area contributed by atoms with Crippen LogP contribution in [-0.4, -0.2) is 57.9 Å². The van der Waals surface area contributed by atoms with E-state index < -0.39 is 0 Å². The van der Waals surface area contributed by atoms with Gasteiger partial charge >= 0.3 is 0 Å². The van der Waals surface area contributed by atoms with E-state index in [2.05, 4.69) is 0 Å². The normalized spacial score (nSPS) is 16.8. The van der Waals surface area contributed by atoms with Crippen LogP contribution in [0, 0.1) is 5.92 Å². The number of halogens is 2. The average molecular weight is 379 g/mol. The molecule has 1 fully saturated rings. The summed E-state index contributed by atoms with van der Waals surface area (Å²) in [5.41, 5.74) is 6.59. The molecule has 1 aromatic rings. The summed E-state index contributed by atoms with van der Waals surface area (Å²) in [7, 11) is 3.15. The smallest absolute Gasteiger partial charge is 0.257 e.